The topological polar surface area (TPSA) is 72.9 Å². The molecule has 5 heteroatoms. The van der Waals surface area contributed by atoms with Gasteiger partial charge in [0.05, 0.1) is 6.33 Å². The molecule has 2 rings (SSSR count). The highest BCUT2D eigenvalue weighted by molar-refractivity contribution is 5.96. The number of carbonyl (C=O) groups excluding carboxylic acids is 1. The molecule has 0 saturated heterocycles. The minimum atomic E-state index is -0.0737. The van der Waals surface area contributed by atoms with Gasteiger partial charge >= 0.3 is 0 Å². The van der Waals surface area contributed by atoms with Crippen LogP contribution in [0.2, 0.25) is 0 Å². The number of aromatic nitrogens is 2. The maximum Gasteiger partial charge on any atom is 0.251 e. The molecule has 0 aliphatic heterocycles. The van der Waals surface area contributed by atoms with Gasteiger partial charge in [-0.1, -0.05) is 6.07 Å². The number of nitrogens with one attached hydrogen (secondary N) is 1. The number of nitrogens with zero attached hydrogens (tertiary/aromatic N) is 2. The first kappa shape index (κ1) is 13.1. The molecule has 2 aromatic rings. The molecule has 1 aromatic carbocycles. The fourth-order valence-corrected chi connectivity index (χ4v) is 1.88. The molecule has 100 valence electrons. The zero-order valence-electron chi connectivity index (χ0n) is 11.0. The number of hydrogen-bond acceptors (Lipinski definition) is 3. The lowest BCUT2D eigenvalue weighted by Gasteiger charge is -2.09. The van der Waals surface area contributed by atoms with Crippen molar-refractivity contribution in [2.45, 2.75) is 19.9 Å². The van der Waals surface area contributed by atoms with Crippen LogP contribution < -0.4 is 11.1 Å². The van der Waals surface area contributed by atoms with Crippen LogP contribution in [-0.4, -0.2) is 22.0 Å². The molecule has 0 atom stereocenters. The third-order valence-electron chi connectivity index (χ3n) is 3.06. The summed E-state index contributed by atoms with van der Waals surface area (Å²) >= 11 is 0. The van der Waals surface area contributed by atoms with Crippen LogP contribution in [0.5, 0.6) is 0 Å². The van der Waals surface area contributed by atoms with E-state index in [1.54, 1.807) is 30.7 Å². The molecule has 0 aliphatic carbocycles. The van der Waals surface area contributed by atoms with Crippen molar-refractivity contribution in [3.05, 3.63) is 48.0 Å². The molecule has 0 bridgehead atoms. The van der Waals surface area contributed by atoms with Gasteiger partial charge in [-0.3, -0.25) is 4.79 Å². The number of carbonyl (C=O) groups is 1. The van der Waals surface area contributed by atoms with E-state index in [4.69, 9.17) is 5.73 Å². The lowest BCUT2D eigenvalue weighted by atomic mass is 10.1. The van der Waals surface area contributed by atoms with Gasteiger partial charge in [-0.15, -0.1) is 0 Å². The van der Waals surface area contributed by atoms with Crippen molar-refractivity contribution in [1.82, 2.24) is 14.9 Å². The summed E-state index contributed by atoms with van der Waals surface area (Å²) in [6.07, 6.45) is 6.28. The molecule has 0 spiro atoms. The van der Waals surface area contributed by atoms with Crippen LogP contribution in [-0.2, 0) is 6.54 Å². The summed E-state index contributed by atoms with van der Waals surface area (Å²) in [7, 11) is 0. The van der Waals surface area contributed by atoms with Crippen molar-refractivity contribution in [2.75, 3.05) is 12.3 Å². The van der Waals surface area contributed by atoms with Crippen molar-refractivity contribution in [3.63, 3.8) is 0 Å². The Morgan fingerprint density at radius 3 is 3.05 bits per heavy atom. The second-order valence-electron chi connectivity index (χ2n) is 4.43. The molecule has 1 heterocycles. The number of nitrogen functional groups attached to an aromatic ring is 1. The Balaban J connectivity index is 1.83. The van der Waals surface area contributed by atoms with Gasteiger partial charge in [-0.2, -0.15) is 0 Å². The molecule has 0 unspecified atom stereocenters. The third-order valence-corrected chi connectivity index (χ3v) is 3.06. The van der Waals surface area contributed by atoms with Gasteiger partial charge in [0.1, 0.15) is 0 Å². The van der Waals surface area contributed by atoms with Gasteiger partial charge in [-0.25, -0.2) is 4.98 Å². The molecule has 19 heavy (non-hydrogen) atoms. The minimum Gasteiger partial charge on any atom is -0.398 e. The SMILES string of the molecule is Cc1c(N)cccc1C(=O)NCCCn1ccnc1. The van der Waals surface area contributed by atoms with Gasteiger partial charge in [0, 0.05) is 36.7 Å². The van der Waals surface area contributed by atoms with Crippen LogP contribution in [0.1, 0.15) is 22.3 Å². The molecule has 1 aromatic heterocycles. The summed E-state index contributed by atoms with van der Waals surface area (Å²) < 4.78 is 1.98. The van der Waals surface area contributed by atoms with Crippen molar-refractivity contribution in [3.8, 4) is 0 Å². The maximum absolute atomic E-state index is 12.0. The maximum atomic E-state index is 12.0. The Bertz CT molecular complexity index is 549. The molecule has 3 N–H and O–H groups in total. The molecular formula is C14H18N4O. The Hall–Kier alpha value is -2.30. The Labute approximate surface area is 112 Å². The molecular weight excluding hydrogens is 240 g/mol. The van der Waals surface area contributed by atoms with E-state index < -0.39 is 0 Å². The fourth-order valence-electron chi connectivity index (χ4n) is 1.88. The zero-order chi connectivity index (χ0) is 13.7. The third kappa shape index (κ3) is 3.34. The van der Waals surface area contributed by atoms with Crippen molar-refractivity contribution in [1.29, 1.82) is 0 Å². The van der Waals surface area contributed by atoms with Crippen molar-refractivity contribution < 1.29 is 4.79 Å². The molecule has 0 saturated carbocycles. The largest absolute Gasteiger partial charge is 0.398 e. The molecule has 0 radical (unpaired) electrons. The Morgan fingerprint density at radius 2 is 2.32 bits per heavy atom. The number of imidazole rings is 1. The Kier molecular flexibility index (Phi) is 4.18. The van der Waals surface area contributed by atoms with E-state index in [0.717, 1.165) is 18.5 Å². The fraction of sp³-hybridized carbons (Fsp3) is 0.286. The second-order valence-corrected chi connectivity index (χ2v) is 4.43. The summed E-state index contributed by atoms with van der Waals surface area (Å²) in [5.74, 6) is -0.0737. The van der Waals surface area contributed by atoms with Crippen LogP contribution in [0.3, 0.4) is 0 Å². The summed E-state index contributed by atoms with van der Waals surface area (Å²) in [5.41, 5.74) is 7.90. The van der Waals surface area contributed by atoms with Crippen LogP contribution in [0.25, 0.3) is 0 Å². The first-order valence-electron chi connectivity index (χ1n) is 6.27. The van der Waals surface area contributed by atoms with Crippen LogP contribution in [0, 0.1) is 6.92 Å². The van der Waals surface area contributed by atoms with E-state index in [-0.39, 0.29) is 5.91 Å². The van der Waals surface area contributed by atoms with Gasteiger partial charge in [0.2, 0.25) is 0 Å². The number of aryl methyl sites for hydroxylation is 1. The zero-order valence-corrected chi connectivity index (χ0v) is 11.0. The average Bonchev–Trinajstić information content (AvgIpc) is 2.91. The lowest BCUT2D eigenvalue weighted by Crippen LogP contribution is -2.26. The number of hydrogen-bond donors (Lipinski definition) is 2. The summed E-state index contributed by atoms with van der Waals surface area (Å²) in [4.78, 5) is 16.0. The number of nitrogens with two attached hydrogens (primary N) is 1. The normalized spacial score (nSPS) is 10.4. The summed E-state index contributed by atoms with van der Waals surface area (Å²) in [6, 6.07) is 5.38. The number of anilines is 1. The molecule has 0 aliphatic rings. The number of amides is 1. The predicted octanol–water partition coefficient (Wildman–Crippen LogP) is 1.59. The minimum absolute atomic E-state index is 0.0737. The first-order chi connectivity index (χ1) is 9.18. The molecule has 1 amide bonds. The summed E-state index contributed by atoms with van der Waals surface area (Å²) in [6.45, 7) is 3.33. The Morgan fingerprint density at radius 1 is 1.47 bits per heavy atom. The van der Waals surface area contributed by atoms with E-state index >= 15 is 0 Å². The predicted molar refractivity (Wildman–Crippen MR) is 74.8 cm³/mol. The van der Waals surface area contributed by atoms with Crippen molar-refractivity contribution >= 4 is 11.6 Å². The van der Waals surface area contributed by atoms with E-state index in [1.807, 2.05) is 17.7 Å². The molecule has 5 nitrogen and oxygen atoms in total. The number of rotatable bonds is 5. The van der Waals surface area contributed by atoms with E-state index in [2.05, 4.69) is 10.3 Å². The standard InChI is InChI=1S/C14H18N4O/c1-11-12(4-2-5-13(11)15)14(19)17-6-3-8-18-9-7-16-10-18/h2,4-5,7,9-10H,3,6,8,15H2,1H3,(H,17,19). The van der Waals surface area contributed by atoms with Gasteiger partial charge in [-0.05, 0) is 31.0 Å². The van der Waals surface area contributed by atoms with E-state index in [1.165, 1.54) is 0 Å². The van der Waals surface area contributed by atoms with Crippen LogP contribution in [0.4, 0.5) is 5.69 Å². The van der Waals surface area contributed by atoms with Crippen molar-refractivity contribution in [2.24, 2.45) is 0 Å². The van der Waals surface area contributed by atoms with Crippen LogP contribution in [0.15, 0.2) is 36.9 Å². The second kappa shape index (κ2) is 6.04. The lowest BCUT2D eigenvalue weighted by molar-refractivity contribution is 0.0952. The highest BCUT2D eigenvalue weighted by atomic mass is 16.1. The highest BCUT2D eigenvalue weighted by Crippen LogP contribution is 2.15. The highest BCUT2D eigenvalue weighted by Gasteiger charge is 2.09. The monoisotopic (exact) mass is 258 g/mol. The smallest absolute Gasteiger partial charge is 0.251 e. The van der Waals surface area contributed by atoms with Crippen LogP contribution >= 0.6 is 0 Å². The molecule has 0 fully saturated rings. The average molecular weight is 258 g/mol. The summed E-state index contributed by atoms with van der Waals surface area (Å²) in [5, 5.41) is 2.90. The first-order valence-corrected chi connectivity index (χ1v) is 6.27. The number of benzene rings is 1. The van der Waals surface area contributed by atoms with E-state index in [0.29, 0.717) is 17.8 Å². The van der Waals surface area contributed by atoms with Gasteiger partial charge in [0.15, 0.2) is 0 Å². The quantitative estimate of drug-likeness (QED) is 0.632. The van der Waals surface area contributed by atoms with E-state index in [9.17, 15) is 4.79 Å². The van der Waals surface area contributed by atoms with Gasteiger partial charge in [0.25, 0.3) is 5.91 Å². The van der Waals surface area contributed by atoms with Gasteiger partial charge < -0.3 is 15.6 Å².